The Morgan fingerprint density at radius 3 is 2.45 bits per heavy atom. The zero-order valence-corrected chi connectivity index (χ0v) is 11.8. The maximum atomic E-state index is 11.1. The summed E-state index contributed by atoms with van der Waals surface area (Å²) in [5, 5.41) is 11.0. The summed E-state index contributed by atoms with van der Waals surface area (Å²) >= 11 is 0. The van der Waals surface area contributed by atoms with E-state index in [-0.39, 0.29) is 0 Å². The van der Waals surface area contributed by atoms with Crippen LogP contribution in [0.2, 0.25) is 0 Å². The average molecular weight is 284 g/mol. The van der Waals surface area contributed by atoms with Crippen molar-refractivity contribution in [3.63, 3.8) is 0 Å². The van der Waals surface area contributed by atoms with Gasteiger partial charge in [-0.1, -0.05) is 42.5 Å². The van der Waals surface area contributed by atoms with E-state index >= 15 is 0 Å². The molecule has 1 amide bonds. The van der Waals surface area contributed by atoms with Crippen LogP contribution >= 0.6 is 7.71 Å². The van der Waals surface area contributed by atoms with Gasteiger partial charge in [-0.2, -0.15) is 0 Å². The molecule has 4 heteroatoms. The lowest BCUT2D eigenvalue weighted by Crippen LogP contribution is -2.12. The highest BCUT2D eigenvalue weighted by atomic mass is 31.1. The third-order valence-corrected chi connectivity index (χ3v) is 4.82. The molecule has 0 bridgehead atoms. The van der Waals surface area contributed by atoms with E-state index in [1.54, 1.807) is 0 Å². The monoisotopic (exact) mass is 284 g/mol. The summed E-state index contributed by atoms with van der Waals surface area (Å²) in [6.07, 6.45) is 1.39. The molecule has 0 radical (unpaired) electrons. The predicted molar refractivity (Wildman–Crippen MR) is 83.4 cm³/mol. The molecule has 2 rings (SSSR count). The quantitative estimate of drug-likeness (QED) is 0.687. The molecule has 2 aromatic rings. The summed E-state index contributed by atoms with van der Waals surface area (Å²) < 4.78 is 3.91. The summed E-state index contributed by atoms with van der Waals surface area (Å²) in [6, 6.07) is 17.4. The molecule has 0 aromatic heterocycles. The van der Waals surface area contributed by atoms with Crippen molar-refractivity contribution in [3.8, 4) is 0 Å². The van der Waals surface area contributed by atoms with Gasteiger partial charge in [0.05, 0.1) is 0 Å². The molecule has 3 nitrogen and oxygen atoms in total. The summed E-state index contributed by atoms with van der Waals surface area (Å²) in [6.45, 7) is 3.75. The second kappa shape index (κ2) is 6.78. The lowest BCUT2D eigenvalue weighted by molar-refractivity contribution is 0.206. The Kier molecular flexibility index (Phi) is 4.80. The number of hydrogen-bond acceptors (Lipinski definition) is 1. The van der Waals surface area contributed by atoms with Gasteiger partial charge in [0, 0.05) is 10.3 Å². The van der Waals surface area contributed by atoms with Gasteiger partial charge in [-0.15, -0.1) is 6.58 Å². The first kappa shape index (κ1) is 14.2. The van der Waals surface area contributed by atoms with Crippen LogP contribution < -0.4 is 10.6 Å². The molecule has 1 atom stereocenters. The minimum atomic E-state index is -1.24. The van der Waals surface area contributed by atoms with Gasteiger partial charge in [-0.3, -0.25) is 0 Å². The van der Waals surface area contributed by atoms with Crippen LogP contribution in [0.25, 0.3) is 0 Å². The van der Waals surface area contributed by atoms with Crippen molar-refractivity contribution < 1.29 is 9.90 Å². The van der Waals surface area contributed by atoms with Gasteiger partial charge in [-0.25, -0.2) is 4.79 Å². The van der Waals surface area contributed by atoms with Crippen LogP contribution in [-0.2, 0) is 6.42 Å². The molecule has 0 heterocycles. The van der Waals surface area contributed by atoms with E-state index < -0.39 is 13.8 Å². The van der Waals surface area contributed by atoms with E-state index in [4.69, 9.17) is 5.11 Å². The first-order chi connectivity index (χ1) is 9.72. The molecule has 0 aliphatic rings. The Hall–Kier alpha value is -2.25. The van der Waals surface area contributed by atoms with E-state index in [1.807, 2.05) is 60.7 Å². The normalized spacial score (nSPS) is 11.1. The van der Waals surface area contributed by atoms with Gasteiger partial charge in [-0.05, 0) is 24.6 Å². The molecule has 1 unspecified atom stereocenters. The highest BCUT2D eigenvalue weighted by Crippen LogP contribution is 2.26. The summed E-state index contributed by atoms with van der Waals surface area (Å²) in [4.78, 5) is 11.1. The molecule has 100 valence electrons. The van der Waals surface area contributed by atoms with Crippen LogP contribution in [0.3, 0.4) is 0 Å². The fourth-order valence-electron chi connectivity index (χ4n) is 1.95. The number of benzene rings is 2. The third-order valence-electron chi connectivity index (χ3n) is 2.77. The Morgan fingerprint density at radius 2 is 1.80 bits per heavy atom. The molecular formula is C16H15NO2P+. The van der Waals surface area contributed by atoms with Crippen LogP contribution in [0.1, 0.15) is 5.56 Å². The van der Waals surface area contributed by atoms with Gasteiger partial charge in [0.1, 0.15) is 0 Å². The number of hydrogen-bond donors (Lipinski definition) is 1. The molecule has 20 heavy (non-hydrogen) atoms. The van der Waals surface area contributed by atoms with Crippen molar-refractivity contribution in [2.24, 2.45) is 4.74 Å². The topological polar surface area (TPSA) is 49.7 Å². The third kappa shape index (κ3) is 3.40. The van der Waals surface area contributed by atoms with Gasteiger partial charge >= 0.3 is 6.09 Å². The van der Waals surface area contributed by atoms with E-state index in [1.165, 1.54) is 0 Å². The summed E-state index contributed by atoms with van der Waals surface area (Å²) in [5.41, 5.74) is 1.07. The zero-order chi connectivity index (χ0) is 14.4. The predicted octanol–water partition coefficient (Wildman–Crippen LogP) is 3.71. The molecule has 1 N–H and O–H groups in total. The maximum Gasteiger partial charge on any atom is 0.469 e. The van der Waals surface area contributed by atoms with Crippen LogP contribution in [0, 0.1) is 0 Å². The van der Waals surface area contributed by atoms with Crippen molar-refractivity contribution in [1.82, 2.24) is 0 Å². The zero-order valence-electron chi connectivity index (χ0n) is 10.9. The molecule has 0 aliphatic heterocycles. The van der Waals surface area contributed by atoms with Gasteiger partial charge in [0.2, 0.25) is 0 Å². The standard InChI is InChI=1S/C16H14NO2P/c1-2-8-13-9-6-7-12-15(13)20(17-16(18)19)14-10-4-3-5-11-14/h2-7,9-12H,1,8H2/p+1. The molecule has 0 aliphatic carbocycles. The van der Waals surface area contributed by atoms with Crippen molar-refractivity contribution in [1.29, 1.82) is 0 Å². The lowest BCUT2D eigenvalue weighted by atomic mass is 10.1. The van der Waals surface area contributed by atoms with Gasteiger partial charge in [0.25, 0.3) is 7.71 Å². The van der Waals surface area contributed by atoms with Crippen molar-refractivity contribution in [2.75, 3.05) is 0 Å². The Balaban J connectivity index is 2.59. The highest BCUT2D eigenvalue weighted by molar-refractivity contribution is 7.64. The molecule has 0 saturated heterocycles. The number of allylic oxidation sites excluding steroid dienone is 1. The first-order valence-electron chi connectivity index (χ1n) is 6.21. The number of nitrogens with zero attached hydrogens (tertiary/aromatic N) is 1. The maximum absolute atomic E-state index is 11.1. The van der Waals surface area contributed by atoms with Crippen molar-refractivity contribution in [2.45, 2.75) is 6.42 Å². The Labute approximate surface area is 119 Å². The minimum Gasteiger partial charge on any atom is -0.461 e. The van der Waals surface area contributed by atoms with Gasteiger partial charge in [0.15, 0.2) is 10.6 Å². The highest BCUT2D eigenvalue weighted by Gasteiger charge is 2.25. The average Bonchev–Trinajstić information content (AvgIpc) is 2.47. The minimum absolute atomic E-state index is 0.705. The van der Waals surface area contributed by atoms with Crippen LogP contribution in [-0.4, -0.2) is 11.2 Å². The summed E-state index contributed by atoms with van der Waals surface area (Å²) in [5.74, 6) is 0. The van der Waals surface area contributed by atoms with E-state index in [2.05, 4.69) is 11.3 Å². The Bertz CT molecular complexity index is 651. The number of carboxylic acid groups (broad SMARTS) is 1. The fraction of sp³-hybridized carbons (Fsp3) is 0.0625. The van der Waals surface area contributed by atoms with Crippen LogP contribution in [0.4, 0.5) is 4.79 Å². The lowest BCUT2D eigenvalue weighted by Gasteiger charge is -2.00. The summed E-state index contributed by atoms with van der Waals surface area (Å²) in [7, 11) is -1.24. The van der Waals surface area contributed by atoms with E-state index in [0.29, 0.717) is 6.42 Å². The number of rotatable bonds is 4. The molecule has 0 spiro atoms. The first-order valence-corrected chi connectivity index (χ1v) is 7.50. The largest absolute Gasteiger partial charge is 0.469 e. The molecular weight excluding hydrogens is 269 g/mol. The number of amides is 1. The van der Waals surface area contributed by atoms with Crippen molar-refractivity contribution >= 4 is 24.4 Å². The molecule has 2 aromatic carbocycles. The van der Waals surface area contributed by atoms with Crippen LogP contribution in [0.15, 0.2) is 72.0 Å². The second-order valence-corrected chi connectivity index (χ2v) is 5.97. The molecule has 0 fully saturated rings. The van der Waals surface area contributed by atoms with Crippen LogP contribution in [0.5, 0.6) is 0 Å². The SMILES string of the molecule is C=CCc1ccccc1/[P+](=N/C(=O)O)c1ccccc1. The van der Waals surface area contributed by atoms with Crippen molar-refractivity contribution in [3.05, 3.63) is 72.8 Å². The second-order valence-electron chi connectivity index (χ2n) is 4.15. The van der Waals surface area contributed by atoms with E-state index in [0.717, 1.165) is 16.2 Å². The smallest absolute Gasteiger partial charge is 0.461 e. The fourth-order valence-corrected chi connectivity index (χ4v) is 3.74. The molecule has 0 saturated carbocycles. The van der Waals surface area contributed by atoms with Gasteiger partial charge < -0.3 is 5.11 Å². The number of carbonyl (C=O) groups is 1. The van der Waals surface area contributed by atoms with E-state index in [9.17, 15) is 4.79 Å². The Morgan fingerprint density at radius 1 is 1.15 bits per heavy atom.